The second-order valence-electron chi connectivity index (χ2n) is 5.89. The summed E-state index contributed by atoms with van der Waals surface area (Å²) >= 11 is 7.21. The molecule has 0 spiro atoms. The number of rotatable bonds is 7. The minimum Gasteiger partial charge on any atom is -0.414 e. The van der Waals surface area contributed by atoms with Crippen molar-refractivity contribution >= 4 is 35.0 Å². The third-order valence-electron chi connectivity index (χ3n) is 3.33. The summed E-state index contributed by atoms with van der Waals surface area (Å²) in [6.45, 7) is 6.01. The van der Waals surface area contributed by atoms with Gasteiger partial charge >= 0.3 is 0 Å². The van der Waals surface area contributed by atoms with Gasteiger partial charge in [-0.2, -0.15) is 0 Å². The molecular weight excluding hydrogens is 348 g/mol. The van der Waals surface area contributed by atoms with Gasteiger partial charge in [-0.15, -0.1) is 10.2 Å². The zero-order valence-electron chi connectivity index (χ0n) is 13.9. The van der Waals surface area contributed by atoms with Crippen LogP contribution in [-0.2, 0) is 4.79 Å². The molecular formula is C16H21ClN4O2S. The van der Waals surface area contributed by atoms with Crippen LogP contribution in [0.15, 0.2) is 27.8 Å². The van der Waals surface area contributed by atoms with Crippen molar-refractivity contribution in [3.63, 3.8) is 0 Å². The lowest BCUT2D eigenvalue weighted by atomic mass is 10.1. The summed E-state index contributed by atoms with van der Waals surface area (Å²) in [5, 5.41) is 11.6. The molecule has 0 saturated heterocycles. The summed E-state index contributed by atoms with van der Waals surface area (Å²) in [7, 11) is 0. The van der Waals surface area contributed by atoms with E-state index in [1.807, 2.05) is 6.92 Å². The lowest BCUT2D eigenvalue weighted by molar-refractivity contribution is -0.113. The first-order valence-corrected chi connectivity index (χ1v) is 9.00. The van der Waals surface area contributed by atoms with E-state index in [1.54, 1.807) is 18.2 Å². The highest BCUT2D eigenvalue weighted by atomic mass is 35.5. The fraction of sp³-hybridized carbons (Fsp3) is 0.438. The lowest BCUT2D eigenvalue weighted by Crippen LogP contribution is -2.14. The standard InChI is InChI=1S/C16H21ClN4O2S/c1-9(2)7-12(18)15-20-21-16(23-15)24-8-14(22)19-13-6-4-5-11(17)10(13)3/h4-6,9,12H,7-8,18H2,1-3H3,(H,19,22)/t12-/m0/s1. The van der Waals surface area contributed by atoms with Gasteiger partial charge in [0.25, 0.3) is 5.22 Å². The molecule has 0 aliphatic rings. The number of benzene rings is 1. The van der Waals surface area contributed by atoms with Gasteiger partial charge in [0.2, 0.25) is 11.8 Å². The molecule has 0 radical (unpaired) electrons. The van der Waals surface area contributed by atoms with Crippen LogP contribution in [0.3, 0.4) is 0 Å². The number of nitrogens with one attached hydrogen (secondary N) is 1. The Bertz CT molecular complexity index is 705. The highest BCUT2D eigenvalue weighted by molar-refractivity contribution is 7.99. The average molecular weight is 369 g/mol. The normalized spacial score (nSPS) is 12.4. The number of carbonyl (C=O) groups excluding carboxylic acids is 1. The third kappa shape index (κ3) is 5.22. The van der Waals surface area contributed by atoms with E-state index < -0.39 is 0 Å². The number of aromatic nitrogens is 2. The minimum absolute atomic E-state index is 0.160. The van der Waals surface area contributed by atoms with Crippen molar-refractivity contribution in [2.24, 2.45) is 11.7 Å². The SMILES string of the molecule is Cc1c(Cl)cccc1NC(=O)CSc1nnc([C@@H](N)CC(C)C)o1. The molecule has 1 atom stereocenters. The largest absolute Gasteiger partial charge is 0.414 e. The molecule has 0 saturated carbocycles. The van der Waals surface area contributed by atoms with Gasteiger partial charge in [0.05, 0.1) is 11.8 Å². The van der Waals surface area contributed by atoms with Crippen LogP contribution < -0.4 is 11.1 Å². The smallest absolute Gasteiger partial charge is 0.277 e. The first-order valence-electron chi connectivity index (χ1n) is 7.63. The fourth-order valence-electron chi connectivity index (χ4n) is 2.09. The van der Waals surface area contributed by atoms with Crippen molar-refractivity contribution in [3.8, 4) is 0 Å². The summed E-state index contributed by atoms with van der Waals surface area (Å²) in [5.74, 6) is 0.830. The first kappa shape index (κ1) is 18.8. The molecule has 0 bridgehead atoms. The van der Waals surface area contributed by atoms with Crippen LogP contribution in [-0.4, -0.2) is 21.9 Å². The van der Waals surface area contributed by atoms with Gasteiger partial charge in [0.1, 0.15) is 0 Å². The number of anilines is 1. The first-order chi connectivity index (χ1) is 11.4. The number of hydrogen-bond donors (Lipinski definition) is 2. The van der Waals surface area contributed by atoms with E-state index in [9.17, 15) is 4.79 Å². The van der Waals surface area contributed by atoms with E-state index in [-0.39, 0.29) is 17.7 Å². The summed E-state index contributed by atoms with van der Waals surface area (Å²) in [5.41, 5.74) is 7.52. The molecule has 8 heteroatoms. The zero-order valence-corrected chi connectivity index (χ0v) is 15.4. The molecule has 0 aliphatic carbocycles. The minimum atomic E-state index is -0.283. The lowest BCUT2D eigenvalue weighted by Gasteiger charge is -2.09. The molecule has 2 rings (SSSR count). The van der Waals surface area contributed by atoms with Crippen LogP contribution in [0.2, 0.25) is 5.02 Å². The van der Waals surface area contributed by atoms with E-state index in [0.717, 1.165) is 12.0 Å². The van der Waals surface area contributed by atoms with Crippen LogP contribution in [0.1, 0.15) is 37.8 Å². The summed E-state index contributed by atoms with van der Waals surface area (Å²) in [6.07, 6.45) is 0.765. The van der Waals surface area contributed by atoms with E-state index in [0.29, 0.717) is 27.7 Å². The number of amides is 1. The maximum Gasteiger partial charge on any atom is 0.277 e. The molecule has 1 amide bonds. The van der Waals surface area contributed by atoms with Gasteiger partial charge in [0.15, 0.2) is 0 Å². The van der Waals surface area contributed by atoms with Crippen molar-refractivity contribution < 1.29 is 9.21 Å². The maximum absolute atomic E-state index is 12.0. The topological polar surface area (TPSA) is 94.0 Å². The van der Waals surface area contributed by atoms with Crippen molar-refractivity contribution in [2.75, 3.05) is 11.1 Å². The van der Waals surface area contributed by atoms with Gasteiger partial charge < -0.3 is 15.5 Å². The van der Waals surface area contributed by atoms with Crippen LogP contribution in [0.25, 0.3) is 0 Å². The molecule has 130 valence electrons. The van der Waals surface area contributed by atoms with Gasteiger partial charge in [-0.05, 0) is 37.0 Å². The van der Waals surface area contributed by atoms with Gasteiger partial charge in [0, 0.05) is 10.7 Å². The Labute approximate surface area is 150 Å². The highest BCUT2D eigenvalue weighted by Gasteiger charge is 2.17. The van der Waals surface area contributed by atoms with Crippen LogP contribution >= 0.6 is 23.4 Å². The average Bonchev–Trinajstić information content (AvgIpc) is 2.98. The predicted molar refractivity (Wildman–Crippen MR) is 96.2 cm³/mol. The Balaban J connectivity index is 1.88. The number of nitrogens with zero attached hydrogens (tertiary/aromatic N) is 2. The van der Waals surface area contributed by atoms with E-state index in [1.165, 1.54) is 11.8 Å². The van der Waals surface area contributed by atoms with E-state index in [2.05, 4.69) is 29.4 Å². The maximum atomic E-state index is 12.0. The molecule has 1 heterocycles. The van der Waals surface area contributed by atoms with Crippen LogP contribution in [0, 0.1) is 12.8 Å². The number of nitrogens with two attached hydrogens (primary N) is 1. The van der Waals surface area contributed by atoms with Crippen LogP contribution in [0.5, 0.6) is 0 Å². The molecule has 1 aromatic carbocycles. The van der Waals surface area contributed by atoms with Gasteiger partial charge in [-0.1, -0.05) is 43.3 Å². The van der Waals surface area contributed by atoms with Gasteiger partial charge in [-0.3, -0.25) is 4.79 Å². The molecule has 1 aromatic heterocycles. The molecule has 6 nitrogen and oxygen atoms in total. The van der Waals surface area contributed by atoms with Crippen molar-refractivity contribution in [1.82, 2.24) is 10.2 Å². The molecule has 0 aliphatic heterocycles. The second-order valence-corrected chi connectivity index (χ2v) is 7.23. The Morgan fingerprint density at radius 1 is 1.42 bits per heavy atom. The Kier molecular flexibility index (Phi) is 6.65. The molecule has 3 N–H and O–H groups in total. The number of hydrogen-bond acceptors (Lipinski definition) is 6. The quantitative estimate of drug-likeness (QED) is 0.721. The molecule has 2 aromatic rings. The van der Waals surface area contributed by atoms with E-state index in [4.69, 9.17) is 21.8 Å². The zero-order chi connectivity index (χ0) is 17.7. The van der Waals surface area contributed by atoms with Crippen LogP contribution in [0.4, 0.5) is 5.69 Å². The van der Waals surface area contributed by atoms with Crippen molar-refractivity contribution in [2.45, 2.75) is 38.5 Å². The molecule has 0 fully saturated rings. The Morgan fingerprint density at radius 2 is 2.17 bits per heavy atom. The van der Waals surface area contributed by atoms with Crippen molar-refractivity contribution in [1.29, 1.82) is 0 Å². The number of carbonyl (C=O) groups is 1. The molecule has 24 heavy (non-hydrogen) atoms. The monoisotopic (exact) mass is 368 g/mol. The number of thioether (sulfide) groups is 1. The van der Waals surface area contributed by atoms with Gasteiger partial charge in [-0.25, -0.2) is 0 Å². The summed E-state index contributed by atoms with van der Waals surface area (Å²) in [4.78, 5) is 12.0. The molecule has 0 unspecified atom stereocenters. The highest BCUT2D eigenvalue weighted by Crippen LogP contribution is 2.24. The Hall–Kier alpha value is -1.57. The predicted octanol–water partition coefficient (Wildman–Crippen LogP) is 3.81. The van der Waals surface area contributed by atoms with E-state index >= 15 is 0 Å². The Morgan fingerprint density at radius 3 is 2.88 bits per heavy atom. The summed E-state index contributed by atoms with van der Waals surface area (Å²) in [6, 6.07) is 5.09. The third-order valence-corrected chi connectivity index (χ3v) is 4.56. The summed E-state index contributed by atoms with van der Waals surface area (Å²) < 4.78 is 5.50. The fourth-order valence-corrected chi connectivity index (χ4v) is 2.84. The van der Waals surface area contributed by atoms with Crippen molar-refractivity contribution in [3.05, 3.63) is 34.7 Å². The number of halogens is 1. The second kappa shape index (κ2) is 8.50.